The van der Waals surface area contributed by atoms with Gasteiger partial charge in [-0.25, -0.2) is 4.79 Å². The average molecular weight is 423 g/mol. The van der Waals surface area contributed by atoms with Gasteiger partial charge in [-0.15, -0.1) is 12.6 Å². The van der Waals surface area contributed by atoms with Crippen molar-refractivity contribution in [1.82, 2.24) is 5.32 Å². The molecule has 2 N–H and O–H groups in total. The number of carbonyl (C=O) groups excluding carboxylic acids is 1. The third-order valence-electron chi connectivity index (χ3n) is 6.23. The molecule has 2 aliphatic carbocycles. The van der Waals surface area contributed by atoms with E-state index in [1.54, 1.807) is 36.4 Å². The summed E-state index contributed by atoms with van der Waals surface area (Å²) in [6, 6.07) is 10.1. The molecule has 30 heavy (non-hydrogen) atoms. The Morgan fingerprint density at radius 2 is 1.97 bits per heavy atom. The van der Waals surface area contributed by atoms with E-state index in [4.69, 9.17) is 8.83 Å². The molecule has 6 nitrogen and oxygen atoms in total. The number of amides is 1. The predicted octanol–water partition coefficient (Wildman–Crippen LogP) is 4.33. The summed E-state index contributed by atoms with van der Waals surface area (Å²) in [6.45, 7) is 0. The molecule has 2 bridgehead atoms. The Hall–Kier alpha value is -2.93. The van der Waals surface area contributed by atoms with Gasteiger partial charge in [0.25, 0.3) is 5.91 Å². The monoisotopic (exact) mass is 423 g/mol. The molecule has 2 aliphatic rings. The number of para-hydroxylation sites is 1. The van der Waals surface area contributed by atoms with E-state index in [1.807, 2.05) is 0 Å². The Kier molecular flexibility index (Phi) is 4.70. The number of benzene rings is 1. The Balaban J connectivity index is 1.38. The number of furan rings is 1. The van der Waals surface area contributed by atoms with Crippen LogP contribution in [0.3, 0.4) is 0 Å². The average Bonchev–Trinajstić information content (AvgIpc) is 3.46. The molecule has 154 valence electrons. The smallest absolute Gasteiger partial charge is 0.351 e. The Morgan fingerprint density at radius 1 is 1.13 bits per heavy atom. The minimum Gasteiger partial charge on any atom is -0.506 e. The lowest BCUT2D eigenvalue weighted by atomic mass is 9.95. The van der Waals surface area contributed by atoms with Crippen molar-refractivity contribution >= 4 is 35.6 Å². The molecule has 2 aromatic heterocycles. The van der Waals surface area contributed by atoms with Crippen LogP contribution in [-0.4, -0.2) is 17.1 Å². The highest BCUT2D eigenvalue weighted by atomic mass is 32.1. The van der Waals surface area contributed by atoms with Crippen LogP contribution >= 0.6 is 12.6 Å². The van der Waals surface area contributed by atoms with Gasteiger partial charge in [-0.1, -0.05) is 18.6 Å². The molecule has 7 heteroatoms. The molecular formula is C23H21NO5S. The molecule has 0 saturated heterocycles. The predicted molar refractivity (Wildman–Crippen MR) is 116 cm³/mol. The first-order valence-electron chi connectivity index (χ1n) is 10.1. The van der Waals surface area contributed by atoms with Gasteiger partial charge in [-0.05, 0) is 61.4 Å². The van der Waals surface area contributed by atoms with Crippen molar-refractivity contribution in [3.63, 3.8) is 0 Å². The summed E-state index contributed by atoms with van der Waals surface area (Å²) < 4.78 is 11.0. The molecule has 3 atom stereocenters. The molecule has 0 radical (unpaired) electrons. The third kappa shape index (κ3) is 3.33. The Bertz CT molecular complexity index is 1220. The summed E-state index contributed by atoms with van der Waals surface area (Å²) in [4.78, 5) is 25.1. The van der Waals surface area contributed by atoms with Crippen LogP contribution in [0.4, 0.5) is 0 Å². The second kappa shape index (κ2) is 7.40. The number of rotatable bonds is 4. The summed E-state index contributed by atoms with van der Waals surface area (Å²) in [6.07, 6.45) is 6.20. The van der Waals surface area contributed by atoms with E-state index < -0.39 is 5.63 Å². The molecule has 3 unspecified atom stereocenters. The van der Waals surface area contributed by atoms with Gasteiger partial charge in [0.05, 0.1) is 10.3 Å². The Morgan fingerprint density at radius 3 is 2.73 bits per heavy atom. The number of carbonyl (C=O) groups is 1. The van der Waals surface area contributed by atoms with E-state index >= 15 is 0 Å². The maximum Gasteiger partial charge on any atom is 0.351 e. The summed E-state index contributed by atoms with van der Waals surface area (Å²) in [5, 5.41) is 14.1. The second-order valence-electron chi connectivity index (χ2n) is 8.10. The lowest BCUT2D eigenvalue weighted by Crippen LogP contribution is -2.38. The number of hydrogen-bond acceptors (Lipinski definition) is 6. The molecule has 1 aromatic carbocycles. The zero-order valence-electron chi connectivity index (χ0n) is 16.1. The van der Waals surface area contributed by atoms with Gasteiger partial charge >= 0.3 is 5.63 Å². The topological polar surface area (TPSA) is 92.7 Å². The van der Waals surface area contributed by atoms with Crippen LogP contribution in [0.15, 0.2) is 54.9 Å². The van der Waals surface area contributed by atoms with E-state index in [9.17, 15) is 14.7 Å². The lowest BCUT2D eigenvalue weighted by molar-refractivity contribution is -0.117. The van der Waals surface area contributed by atoms with Crippen LogP contribution < -0.4 is 10.9 Å². The van der Waals surface area contributed by atoms with Gasteiger partial charge in [0.15, 0.2) is 0 Å². The number of hydrogen-bond donors (Lipinski definition) is 3. The van der Waals surface area contributed by atoms with E-state index in [0.29, 0.717) is 22.6 Å². The fourth-order valence-electron chi connectivity index (χ4n) is 4.78. The van der Waals surface area contributed by atoms with E-state index in [1.165, 1.54) is 25.3 Å². The highest BCUT2D eigenvalue weighted by Gasteiger charge is 2.40. The molecule has 2 fully saturated rings. The lowest BCUT2D eigenvalue weighted by Gasteiger charge is -2.22. The zero-order valence-corrected chi connectivity index (χ0v) is 17.0. The summed E-state index contributed by atoms with van der Waals surface area (Å²) in [5.74, 6) is 1.39. The minimum absolute atomic E-state index is 0.0551. The van der Waals surface area contributed by atoms with Crippen LogP contribution in [0.5, 0.6) is 5.75 Å². The fourth-order valence-corrected chi connectivity index (χ4v) is 4.97. The van der Waals surface area contributed by atoms with Crippen molar-refractivity contribution in [2.75, 3.05) is 0 Å². The summed E-state index contributed by atoms with van der Waals surface area (Å²) in [5.41, 5.74) is -0.456. The van der Waals surface area contributed by atoms with Gasteiger partial charge in [-0.3, -0.25) is 4.79 Å². The molecule has 5 rings (SSSR count). The fraction of sp³-hybridized carbons (Fsp3) is 0.304. The SMILES string of the molecule is O=C(NC1CC2CCC1C2)/C(S)=C/c1ccc(-c2c(O)c3ccccc3oc2=O)o1. The number of aromatic hydroxyl groups is 1. The first-order valence-corrected chi connectivity index (χ1v) is 10.5. The Labute approximate surface area is 178 Å². The van der Waals surface area contributed by atoms with Crippen molar-refractivity contribution in [2.45, 2.75) is 31.7 Å². The first kappa shape index (κ1) is 19.1. The van der Waals surface area contributed by atoms with Gasteiger partial charge in [0.1, 0.15) is 28.4 Å². The van der Waals surface area contributed by atoms with Gasteiger partial charge in [-0.2, -0.15) is 0 Å². The maximum absolute atomic E-state index is 12.5. The van der Waals surface area contributed by atoms with Crippen molar-refractivity contribution in [3.05, 3.63) is 57.5 Å². The van der Waals surface area contributed by atoms with Gasteiger partial charge in [0.2, 0.25) is 0 Å². The van der Waals surface area contributed by atoms with Gasteiger partial charge in [0, 0.05) is 6.04 Å². The first-order chi connectivity index (χ1) is 14.5. The van der Waals surface area contributed by atoms with E-state index in [-0.39, 0.29) is 33.9 Å². The number of fused-ring (bicyclic) bond motifs is 3. The third-order valence-corrected chi connectivity index (χ3v) is 6.56. The molecular weight excluding hydrogens is 402 g/mol. The second-order valence-corrected chi connectivity index (χ2v) is 8.58. The molecule has 1 amide bonds. The van der Waals surface area contributed by atoms with Crippen LogP contribution in [0, 0.1) is 11.8 Å². The molecule has 2 heterocycles. The quantitative estimate of drug-likeness (QED) is 0.330. The number of thiol groups is 1. The van der Waals surface area contributed by atoms with Gasteiger partial charge < -0.3 is 19.3 Å². The largest absolute Gasteiger partial charge is 0.506 e. The zero-order chi connectivity index (χ0) is 20.8. The molecule has 2 saturated carbocycles. The van der Waals surface area contributed by atoms with Crippen LogP contribution in [0.25, 0.3) is 28.4 Å². The maximum atomic E-state index is 12.5. The molecule has 0 aliphatic heterocycles. The highest BCUT2D eigenvalue weighted by molar-refractivity contribution is 7.85. The normalized spacial score (nSPS) is 23.2. The highest BCUT2D eigenvalue weighted by Crippen LogP contribution is 2.44. The van der Waals surface area contributed by atoms with Crippen molar-refractivity contribution in [2.24, 2.45) is 11.8 Å². The summed E-state index contributed by atoms with van der Waals surface area (Å²) >= 11 is 4.32. The van der Waals surface area contributed by atoms with E-state index in [2.05, 4.69) is 17.9 Å². The molecule has 3 aromatic rings. The summed E-state index contributed by atoms with van der Waals surface area (Å²) in [7, 11) is 0. The van der Waals surface area contributed by atoms with Crippen LogP contribution in [-0.2, 0) is 4.79 Å². The van der Waals surface area contributed by atoms with Crippen LogP contribution in [0.2, 0.25) is 0 Å². The minimum atomic E-state index is -0.698. The van der Waals surface area contributed by atoms with Crippen molar-refractivity contribution < 1.29 is 18.7 Å². The van der Waals surface area contributed by atoms with Crippen LogP contribution in [0.1, 0.15) is 31.4 Å². The van der Waals surface area contributed by atoms with Crippen molar-refractivity contribution in [3.8, 4) is 17.1 Å². The molecule has 0 spiro atoms. The van der Waals surface area contributed by atoms with E-state index in [0.717, 1.165) is 12.3 Å². The standard InChI is InChI=1S/C23H21NO5S/c25-21-15-3-1-2-4-17(15)29-23(27)20(21)18-8-7-14(28-18)11-19(30)22(26)24-16-10-12-5-6-13(16)9-12/h1-4,7-8,11-13,16,25,30H,5-6,9-10H2,(H,24,26)/b19-11-. The number of nitrogens with one attached hydrogen (secondary N) is 1. The van der Waals surface area contributed by atoms with Crippen molar-refractivity contribution in [1.29, 1.82) is 0 Å².